The molecule has 5 nitrogen and oxygen atoms in total. The molecule has 1 aromatic rings. The zero-order chi connectivity index (χ0) is 15.5. The molecule has 1 fully saturated rings. The number of nitrogens with zero attached hydrogens (tertiary/aromatic N) is 2. The van der Waals surface area contributed by atoms with Crippen LogP contribution in [0.1, 0.15) is 32.6 Å². The Labute approximate surface area is 132 Å². The minimum absolute atomic E-state index is 0.138. The van der Waals surface area contributed by atoms with Crippen molar-refractivity contribution in [3.05, 3.63) is 21.0 Å². The Morgan fingerprint density at radius 1 is 1.62 bits per heavy atom. The van der Waals surface area contributed by atoms with Crippen LogP contribution in [0.3, 0.4) is 0 Å². The number of rotatable bonds is 4. The maximum Gasteiger partial charge on any atom is 0.284 e. The first-order chi connectivity index (χ1) is 9.95. The van der Waals surface area contributed by atoms with Crippen LogP contribution in [0.4, 0.5) is 5.69 Å². The third kappa shape index (κ3) is 3.86. The summed E-state index contributed by atoms with van der Waals surface area (Å²) in [6.07, 6.45) is 10.4. The van der Waals surface area contributed by atoms with Gasteiger partial charge in [0.2, 0.25) is 0 Å². The van der Waals surface area contributed by atoms with Crippen molar-refractivity contribution in [2.24, 2.45) is 5.92 Å². The van der Waals surface area contributed by atoms with Crippen LogP contribution in [-0.2, 0) is 6.54 Å². The predicted molar refractivity (Wildman–Crippen MR) is 86.1 cm³/mol. The number of anilines is 1. The maximum atomic E-state index is 12.0. The Bertz CT molecular complexity index is 598. The first-order valence-electron chi connectivity index (χ1n) is 7.10. The molecule has 0 aromatic carbocycles. The number of nitrogens with one attached hydrogen (secondary N) is 1. The van der Waals surface area contributed by atoms with Gasteiger partial charge in [0, 0.05) is 6.54 Å². The van der Waals surface area contributed by atoms with E-state index in [2.05, 4.69) is 39.2 Å². The number of halogens is 1. The second-order valence-electron chi connectivity index (χ2n) is 5.80. The lowest BCUT2D eigenvalue weighted by Crippen LogP contribution is -2.40. The lowest BCUT2D eigenvalue weighted by molar-refractivity contribution is 0.00499. The fourth-order valence-electron chi connectivity index (χ4n) is 2.52. The molecule has 0 amide bonds. The fraction of sp³-hybridized carbons (Fsp3) is 0.600. The molecular weight excluding hydrogens is 334 g/mol. The van der Waals surface area contributed by atoms with Crippen molar-refractivity contribution >= 4 is 21.6 Å². The van der Waals surface area contributed by atoms with Gasteiger partial charge in [-0.15, -0.1) is 6.42 Å². The molecule has 0 spiro atoms. The largest absolute Gasteiger partial charge is 0.388 e. The third-order valence-corrected chi connectivity index (χ3v) is 4.81. The Hall–Kier alpha value is -1.32. The van der Waals surface area contributed by atoms with E-state index >= 15 is 0 Å². The highest BCUT2D eigenvalue weighted by atomic mass is 79.9. The van der Waals surface area contributed by atoms with E-state index < -0.39 is 5.60 Å². The standard InChI is InChI=1S/C15H20BrN3O2/c1-3-8-19-14(20)13(16)12(9-18-19)17-10-15(21)6-4-11(2)5-7-15/h1,9,11,17,21H,4-8,10H2,2H3. The van der Waals surface area contributed by atoms with E-state index in [1.807, 2.05) is 0 Å². The van der Waals surface area contributed by atoms with Gasteiger partial charge in [0.15, 0.2) is 0 Å². The SMILES string of the molecule is C#CCn1ncc(NCC2(O)CCC(C)CC2)c(Br)c1=O. The van der Waals surface area contributed by atoms with E-state index in [9.17, 15) is 9.90 Å². The van der Waals surface area contributed by atoms with Gasteiger partial charge in [-0.2, -0.15) is 5.10 Å². The summed E-state index contributed by atoms with van der Waals surface area (Å²) in [5.74, 6) is 3.06. The number of hydrogen-bond acceptors (Lipinski definition) is 4. The van der Waals surface area contributed by atoms with Crippen LogP contribution in [0.15, 0.2) is 15.5 Å². The molecule has 0 aliphatic heterocycles. The molecule has 6 heteroatoms. The van der Waals surface area contributed by atoms with Gasteiger partial charge < -0.3 is 10.4 Å². The zero-order valence-electron chi connectivity index (χ0n) is 12.1. The molecule has 0 radical (unpaired) electrons. The topological polar surface area (TPSA) is 67.2 Å². The van der Waals surface area contributed by atoms with Crippen LogP contribution in [-0.4, -0.2) is 27.0 Å². The molecule has 0 bridgehead atoms. The molecule has 21 heavy (non-hydrogen) atoms. The van der Waals surface area contributed by atoms with Crippen LogP contribution >= 0.6 is 15.9 Å². The average Bonchev–Trinajstić information content (AvgIpc) is 2.47. The van der Waals surface area contributed by atoms with E-state index in [0.29, 0.717) is 22.6 Å². The quantitative estimate of drug-likeness (QED) is 0.812. The average molecular weight is 354 g/mol. The summed E-state index contributed by atoms with van der Waals surface area (Å²) in [5.41, 5.74) is -0.401. The molecule has 0 saturated heterocycles. The third-order valence-electron chi connectivity index (χ3n) is 4.04. The summed E-state index contributed by atoms with van der Waals surface area (Å²) in [6, 6.07) is 0. The summed E-state index contributed by atoms with van der Waals surface area (Å²) in [4.78, 5) is 12.0. The molecular formula is C15H20BrN3O2. The van der Waals surface area contributed by atoms with Crippen LogP contribution in [0.2, 0.25) is 0 Å². The van der Waals surface area contributed by atoms with Crippen LogP contribution in [0.5, 0.6) is 0 Å². The van der Waals surface area contributed by atoms with Crippen molar-refractivity contribution in [2.45, 2.75) is 44.8 Å². The zero-order valence-corrected chi connectivity index (χ0v) is 13.7. The maximum absolute atomic E-state index is 12.0. The highest BCUT2D eigenvalue weighted by Gasteiger charge is 2.31. The summed E-state index contributed by atoms with van der Waals surface area (Å²) in [6.45, 7) is 2.76. The van der Waals surface area contributed by atoms with Gasteiger partial charge in [-0.05, 0) is 47.5 Å². The van der Waals surface area contributed by atoms with E-state index in [4.69, 9.17) is 6.42 Å². The lowest BCUT2D eigenvalue weighted by atomic mass is 9.79. The number of aromatic nitrogens is 2. The van der Waals surface area contributed by atoms with Crippen molar-refractivity contribution < 1.29 is 5.11 Å². The highest BCUT2D eigenvalue weighted by Crippen LogP contribution is 2.32. The second-order valence-corrected chi connectivity index (χ2v) is 6.59. The van der Waals surface area contributed by atoms with Gasteiger partial charge in [-0.25, -0.2) is 4.68 Å². The molecule has 1 aliphatic rings. The van der Waals surface area contributed by atoms with Crippen molar-refractivity contribution in [2.75, 3.05) is 11.9 Å². The second kappa shape index (κ2) is 6.63. The van der Waals surface area contributed by atoms with Gasteiger partial charge in [0.05, 0.1) is 17.5 Å². The van der Waals surface area contributed by atoms with Crippen molar-refractivity contribution in [3.63, 3.8) is 0 Å². The van der Waals surface area contributed by atoms with E-state index in [-0.39, 0.29) is 12.1 Å². The van der Waals surface area contributed by atoms with Gasteiger partial charge in [0.1, 0.15) is 11.0 Å². The Balaban J connectivity index is 2.06. The van der Waals surface area contributed by atoms with Gasteiger partial charge >= 0.3 is 0 Å². The number of aliphatic hydroxyl groups is 1. The summed E-state index contributed by atoms with van der Waals surface area (Å²) in [5, 5.41) is 17.7. The van der Waals surface area contributed by atoms with E-state index in [0.717, 1.165) is 25.7 Å². The molecule has 1 heterocycles. The Kier molecular flexibility index (Phi) is 5.07. The summed E-state index contributed by atoms with van der Waals surface area (Å²) < 4.78 is 1.60. The molecule has 114 valence electrons. The van der Waals surface area contributed by atoms with E-state index in [1.165, 1.54) is 4.68 Å². The number of hydrogen-bond donors (Lipinski definition) is 2. The molecule has 2 N–H and O–H groups in total. The van der Waals surface area contributed by atoms with Crippen molar-refractivity contribution in [1.29, 1.82) is 0 Å². The van der Waals surface area contributed by atoms with Crippen LogP contribution in [0.25, 0.3) is 0 Å². The minimum atomic E-state index is -0.709. The van der Waals surface area contributed by atoms with E-state index in [1.54, 1.807) is 6.20 Å². The molecule has 1 aliphatic carbocycles. The summed E-state index contributed by atoms with van der Waals surface area (Å²) >= 11 is 3.27. The van der Waals surface area contributed by atoms with Gasteiger partial charge in [-0.1, -0.05) is 12.8 Å². The van der Waals surface area contributed by atoms with Crippen molar-refractivity contribution in [1.82, 2.24) is 9.78 Å². The monoisotopic (exact) mass is 353 g/mol. The molecule has 0 unspecified atom stereocenters. The van der Waals surface area contributed by atoms with Crippen molar-refractivity contribution in [3.8, 4) is 12.3 Å². The first-order valence-corrected chi connectivity index (χ1v) is 7.90. The number of terminal acetylenes is 1. The van der Waals surface area contributed by atoms with Gasteiger partial charge in [-0.3, -0.25) is 4.79 Å². The lowest BCUT2D eigenvalue weighted by Gasteiger charge is -2.35. The molecule has 1 saturated carbocycles. The minimum Gasteiger partial charge on any atom is -0.388 e. The first kappa shape index (κ1) is 16.1. The van der Waals surface area contributed by atoms with Crippen LogP contribution in [0, 0.1) is 18.3 Å². The smallest absolute Gasteiger partial charge is 0.284 e. The molecule has 0 atom stereocenters. The Morgan fingerprint density at radius 3 is 2.90 bits per heavy atom. The van der Waals surface area contributed by atoms with Gasteiger partial charge in [0.25, 0.3) is 5.56 Å². The molecule has 1 aromatic heterocycles. The highest BCUT2D eigenvalue weighted by molar-refractivity contribution is 9.10. The summed E-state index contributed by atoms with van der Waals surface area (Å²) in [7, 11) is 0. The van der Waals surface area contributed by atoms with Crippen LogP contribution < -0.4 is 10.9 Å². The Morgan fingerprint density at radius 2 is 2.29 bits per heavy atom. The normalized spacial score (nSPS) is 25.3. The molecule has 2 rings (SSSR count). The predicted octanol–water partition coefficient (Wildman–Crippen LogP) is 1.99. The fourth-order valence-corrected chi connectivity index (χ4v) is 2.97.